The fourth-order valence-electron chi connectivity index (χ4n) is 1.63. The summed E-state index contributed by atoms with van der Waals surface area (Å²) >= 11 is 0. The summed E-state index contributed by atoms with van der Waals surface area (Å²) in [6.45, 7) is 4.58. The van der Waals surface area contributed by atoms with Crippen molar-refractivity contribution < 1.29 is 0 Å². The summed E-state index contributed by atoms with van der Waals surface area (Å²) in [4.78, 5) is 0. The van der Waals surface area contributed by atoms with E-state index in [1.165, 1.54) is 86.6 Å². The van der Waals surface area contributed by atoms with E-state index in [2.05, 4.69) is 13.8 Å². The molecule has 0 aromatic rings. The maximum Gasteiger partial charge on any atom is -0.0317 e. The van der Waals surface area contributed by atoms with Crippen molar-refractivity contribution in [2.45, 2.75) is 71.6 Å². The van der Waals surface area contributed by atoms with E-state index in [0.29, 0.717) is 0 Å². The Labute approximate surface area is 101 Å². The van der Waals surface area contributed by atoms with Gasteiger partial charge in [0, 0.05) is 0 Å². The standard InChI is InChI=1S/C13H30P2/c1-3-5-7-9-11-13-15-14-12-10-8-6-4-2/h14-15H,3-13H2,1-2H3. The predicted molar refractivity (Wildman–Crippen MR) is 79.3 cm³/mol. The smallest absolute Gasteiger partial charge is 0.0317 e. The van der Waals surface area contributed by atoms with Crippen LogP contribution >= 0.6 is 16.5 Å². The highest BCUT2D eigenvalue weighted by molar-refractivity contribution is 8.11. The first kappa shape index (κ1) is 15.9. The molecule has 0 radical (unpaired) electrons. The number of hydrogen-bond acceptors (Lipinski definition) is 0. The molecule has 15 heavy (non-hydrogen) atoms. The van der Waals surface area contributed by atoms with E-state index in [1.807, 2.05) is 0 Å². The number of hydrogen-bond donors (Lipinski definition) is 0. The van der Waals surface area contributed by atoms with Gasteiger partial charge in [-0.25, -0.2) is 0 Å². The highest BCUT2D eigenvalue weighted by Crippen LogP contribution is 2.38. The van der Waals surface area contributed by atoms with Crippen molar-refractivity contribution >= 4 is 16.5 Å². The van der Waals surface area contributed by atoms with Crippen LogP contribution in [0.4, 0.5) is 0 Å². The van der Waals surface area contributed by atoms with Gasteiger partial charge < -0.3 is 0 Å². The minimum absolute atomic E-state index is 1.28. The van der Waals surface area contributed by atoms with E-state index in [1.54, 1.807) is 0 Å². The Kier molecular flexibility index (Phi) is 15.7. The molecule has 0 saturated heterocycles. The second kappa shape index (κ2) is 14.9. The van der Waals surface area contributed by atoms with Crippen LogP contribution in [0.15, 0.2) is 0 Å². The van der Waals surface area contributed by atoms with Gasteiger partial charge in [0.05, 0.1) is 0 Å². The van der Waals surface area contributed by atoms with Gasteiger partial charge in [-0.05, 0) is 25.2 Å². The van der Waals surface area contributed by atoms with Crippen molar-refractivity contribution in [1.82, 2.24) is 0 Å². The highest BCUT2D eigenvalue weighted by Gasteiger charge is 1.91. The lowest BCUT2D eigenvalue weighted by Gasteiger charge is -2.02. The van der Waals surface area contributed by atoms with Gasteiger partial charge in [0.25, 0.3) is 0 Å². The highest BCUT2D eigenvalue weighted by atomic mass is 32.0. The van der Waals surface area contributed by atoms with Crippen LogP contribution in [0.1, 0.15) is 71.6 Å². The summed E-state index contributed by atoms with van der Waals surface area (Å²) in [7, 11) is 2.57. The van der Waals surface area contributed by atoms with Crippen molar-refractivity contribution in [3.8, 4) is 0 Å². The first-order valence-electron chi connectivity index (χ1n) is 6.87. The molecule has 0 aromatic heterocycles. The van der Waals surface area contributed by atoms with Crippen LogP contribution in [0.3, 0.4) is 0 Å². The minimum atomic E-state index is 1.28. The van der Waals surface area contributed by atoms with Gasteiger partial charge in [-0.15, -0.1) is 0 Å². The van der Waals surface area contributed by atoms with E-state index >= 15 is 0 Å². The van der Waals surface area contributed by atoms with Crippen LogP contribution in [-0.2, 0) is 0 Å². The Balaban J connectivity index is 2.81. The zero-order valence-electron chi connectivity index (χ0n) is 10.8. The Bertz CT molecular complexity index is 92.7. The Morgan fingerprint density at radius 1 is 0.533 bits per heavy atom. The maximum absolute atomic E-state index is 2.29. The molecular weight excluding hydrogens is 218 g/mol. The molecule has 2 unspecified atom stereocenters. The summed E-state index contributed by atoms with van der Waals surface area (Å²) < 4.78 is 0. The van der Waals surface area contributed by atoms with Gasteiger partial charge >= 0.3 is 0 Å². The lowest BCUT2D eigenvalue weighted by Crippen LogP contribution is -1.79. The molecule has 0 N–H and O–H groups in total. The molecule has 0 aliphatic heterocycles. The summed E-state index contributed by atoms with van der Waals surface area (Å²) in [5, 5.41) is 0. The molecule has 0 rings (SSSR count). The van der Waals surface area contributed by atoms with E-state index in [-0.39, 0.29) is 0 Å². The van der Waals surface area contributed by atoms with E-state index < -0.39 is 0 Å². The Morgan fingerprint density at radius 2 is 0.933 bits per heavy atom. The van der Waals surface area contributed by atoms with Crippen molar-refractivity contribution in [2.24, 2.45) is 0 Å². The first-order valence-corrected chi connectivity index (χ1v) is 10.3. The normalized spacial score (nSPS) is 12.4. The molecule has 0 spiro atoms. The predicted octanol–water partition coefficient (Wildman–Crippen LogP) is 5.81. The van der Waals surface area contributed by atoms with Crippen LogP contribution in [0.25, 0.3) is 0 Å². The molecule has 0 fully saturated rings. The van der Waals surface area contributed by atoms with Crippen LogP contribution in [0.2, 0.25) is 0 Å². The SMILES string of the molecule is CCCCCCCPPCCCCCC. The molecule has 0 bridgehead atoms. The third-order valence-corrected chi connectivity index (χ3v) is 6.39. The lowest BCUT2D eigenvalue weighted by molar-refractivity contribution is 0.659. The van der Waals surface area contributed by atoms with E-state index in [4.69, 9.17) is 0 Å². The molecular formula is C13H30P2. The summed E-state index contributed by atoms with van der Waals surface area (Å²) in [6.07, 6.45) is 16.1. The molecule has 0 saturated carbocycles. The van der Waals surface area contributed by atoms with E-state index in [0.717, 1.165) is 0 Å². The van der Waals surface area contributed by atoms with Crippen molar-refractivity contribution in [1.29, 1.82) is 0 Å². The molecule has 0 aliphatic rings. The maximum atomic E-state index is 2.29. The molecule has 0 aromatic carbocycles. The molecule has 2 atom stereocenters. The third-order valence-electron chi connectivity index (χ3n) is 2.69. The van der Waals surface area contributed by atoms with Crippen LogP contribution in [0, 0.1) is 0 Å². The van der Waals surface area contributed by atoms with Crippen LogP contribution in [-0.4, -0.2) is 12.3 Å². The van der Waals surface area contributed by atoms with Gasteiger partial charge in [0.15, 0.2) is 0 Å². The zero-order chi connectivity index (χ0) is 11.2. The van der Waals surface area contributed by atoms with Crippen molar-refractivity contribution in [3.05, 3.63) is 0 Å². The summed E-state index contributed by atoms with van der Waals surface area (Å²) in [6, 6.07) is 0. The van der Waals surface area contributed by atoms with Gasteiger partial charge in [-0.1, -0.05) is 75.3 Å². The molecule has 0 nitrogen and oxygen atoms in total. The molecule has 0 heterocycles. The average Bonchev–Trinajstić information content (AvgIpc) is 2.26. The van der Waals surface area contributed by atoms with Gasteiger partial charge in [0.1, 0.15) is 0 Å². The van der Waals surface area contributed by atoms with Crippen molar-refractivity contribution in [3.63, 3.8) is 0 Å². The molecule has 92 valence electrons. The lowest BCUT2D eigenvalue weighted by atomic mass is 10.2. The largest absolute Gasteiger partial charge is 0.0992 e. The monoisotopic (exact) mass is 248 g/mol. The Morgan fingerprint density at radius 3 is 1.40 bits per heavy atom. The topological polar surface area (TPSA) is 0 Å². The molecule has 0 amide bonds. The van der Waals surface area contributed by atoms with E-state index in [9.17, 15) is 0 Å². The fraction of sp³-hybridized carbons (Fsp3) is 1.00. The number of rotatable bonds is 12. The van der Waals surface area contributed by atoms with Gasteiger partial charge in [-0.2, -0.15) is 0 Å². The quantitative estimate of drug-likeness (QED) is 0.302. The average molecular weight is 248 g/mol. The molecule has 0 aliphatic carbocycles. The molecule has 2 heteroatoms. The zero-order valence-corrected chi connectivity index (χ0v) is 12.8. The summed E-state index contributed by atoms with van der Waals surface area (Å²) in [5.74, 6) is 0. The van der Waals surface area contributed by atoms with Gasteiger partial charge in [-0.3, -0.25) is 0 Å². The first-order chi connectivity index (χ1) is 7.41. The fourth-order valence-corrected chi connectivity index (χ4v) is 4.96. The van der Waals surface area contributed by atoms with Crippen molar-refractivity contribution in [2.75, 3.05) is 12.3 Å². The third kappa shape index (κ3) is 14.9. The summed E-state index contributed by atoms with van der Waals surface area (Å²) in [5.41, 5.74) is 0. The second-order valence-electron chi connectivity index (χ2n) is 4.33. The Hall–Kier alpha value is 0.860. The van der Waals surface area contributed by atoms with Gasteiger partial charge in [0.2, 0.25) is 0 Å². The minimum Gasteiger partial charge on any atom is -0.0992 e. The number of unbranched alkanes of at least 4 members (excludes halogenated alkanes) is 7. The second-order valence-corrected chi connectivity index (χ2v) is 8.16. The van der Waals surface area contributed by atoms with Crippen LogP contribution < -0.4 is 0 Å². The van der Waals surface area contributed by atoms with Crippen LogP contribution in [0.5, 0.6) is 0 Å².